The summed E-state index contributed by atoms with van der Waals surface area (Å²) in [5.74, 6) is 0.418. The van der Waals surface area contributed by atoms with Crippen molar-refractivity contribution in [2.24, 2.45) is 56.7 Å². The number of hydrogen-bond acceptors (Lipinski definition) is 7. The summed E-state index contributed by atoms with van der Waals surface area (Å²) < 4.78 is 19.2. The van der Waals surface area contributed by atoms with Crippen LogP contribution in [0.3, 0.4) is 0 Å². The normalized spacial score (nSPS) is 47.2. The SMILES string of the molecule is CC(C)[C@@H](OC(=O)N1CCC1)[C@H]1C[C@@H](C)[C@H]2[C@H](O1)[C@H](O)[C@@]1(C)[C@@H]3CC[C@H]4C(C)(C)[C@@H](OC(=O)N(C)CC(=O)O)CC[C@@]45C[C@@]35CC[C@]21C. The van der Waals surface area contributed by atoms with Gasteiger partial charge in [0.05, 0.1) is 18.3 Å². The number of ether oxygens (including phenoxy) is 3. The fraction of sp³-hybridized carbons (Fsp3) is 0.921. The summed E-state index contributed by atoms with van der Waals surface area (Å²) in [5, 5.41) is 21.8. The minimum absolute atomic E-state index is 0.0629. The number of carboxylic acid groups (broad SMARTS) is 1. The van der Waals surface area contributed by atoms with E-state index in [9.17, 15) is 24.6 Å². The number of nitrogens with zero attached hydrogens (tertiary/aromatic N) is 2. The minimum Gasteiger partial charge on any atom is -0.480 e. The van der Waals surface area contributed by atoms with Gasteiger partial charge in [-0.05, 0) is 104 Å². The minimum atomic E-state index is -1.05. The van der Waals surface area contributed by atoms with Crippen LogP contribution < -0.4 is 0 Å². The maximum atomic E-state index is 12.9. The summed E-state index contributed by atoms with van der Waals surface area (Å²) in [6, 6.07) is 0. The molecule has 2 heterocycles. The molecule has 7 aliphatic rings. The second-order valence-electron chi connectivity index (χ2n) is 18.6. The molecule has 0 aromatic heterocycles. The van der Waals surface area contributed by atoms with Crippen molar-refractivity contribution in [3.8, 4) is 0 Å². The van der Waals surface area contributed by atoms with E-state index in [0.29, 0.717) is 17.8 Å². The molecule has 2 saturated heterocycles. The van der Waals surface area contributed by atoms with Crippen molar-refractivity contribution in [3.63, 3.8) is 0 Å². The maximum Gasteiger partial charge on any atom is 0.410 e. The summed E-state index contributed by atoms with van der Waals surface area (Å²) in [6.45, 7) is 17.0. The highest BCUT2D eigenvalue weighted by molar-refractivity contribution is 5.76. The standard InChI is InChI=1S/C38H60N2O8/c1-21(2)29(48-33(45)40-16-9-17-40)23-18-22(3)28-30(46-23)31(43)36(7)25-11-10-24-34(4,5)26(47-32(44)39(8)19-27(41)42)12-13-37(24)20-38(25,37)15-14-35(28,36)6/h21-26,28-31,43H,9-20H2,1-8H3,(H,41,42)/t22-,23-,24+,25+,26+,28+,29-,30+,31+,35-,36-,37-,38+/m1/s1. The molecule has 2 N–H and O–H groups in total. The highest BCUT2D eigenvalue weighted by Crippen LogP contribution is 2.89. The number of fused-ring (bicyclic) bond motifs is 4. The molecule has 0 aromatic rings. The van der Waals surface area contributed by atoms with Crippen LogP contribution in [-0.2, 0) is 19.0 Å². The molecule has 0 radical (unpaired) electrons. The second-order valence-corrected chi connectivity index (χ2v) is 18.6. The van der Waals surface area contributed by atoms with Gasteiger partial charge in [-0.15, -0.1) is 0 Å². The Balaban J connectivity index is 1.12. The van der Waals surface area contributed by atoms with Crippen LogP contribution in [0.5, 0.6) is 0 Å². The Kier molecular flexibility index (Phi) is 8.03. The molecule has 0 aromatic carbocycles. The van der Waals surface area contributed by atoms with E-state index in [0.717, 1.165) is 69.4 Å². The van der Waals surface area contributed by atoms with Crippen LogP contribution in [0.15, 0.2) is 0 Å². The van der Waals surface area contributed by atoms with Crippen molar-refractivity contribution in [2.75, 3.05) is 26.7 Å². The molecule has 0 unspecified atom stereocenters. The molecule has 48 heavy (non-hydrogen) atoms. The quantitative estimate of drug-likeness (QED) is 0.342. The molecule has 0 bridgehead atoms. The van der Waals surface area contributed by atoms with Gasteiger partial charge in [-0.25, -0.2) is 9.59 Å². The second kappa shape index (κ2) is 11.2. The summed E-state index contributed by atoms with van der Waals surface area (Å²) in [7, 11) is 1.48. The fourth-order valence-electron chi connectivity index (χ4n) is 13.5. The number of aliphatic hydroxyl groups is 1. The van der Waals surface area contributed by atoms with Gasteiger partial charge in [0, 0.05) is 31.0 Å². The van der Waals surface area contributed by atoms with E-state index in [1.807, 2.05) is 0 Å². The average molecular weight is 673 g/mol. The van der Waals surface area contributed by atoms with E-state index in [2.05, 4.69) is 48.5 Å². The third-order valence-corrected chi connectivity index (χ3v) is 16.1. The molecular weight excluding hydrogens is 612 g/mol. The zero-order chi connectivity index (χ0) is 34.8. The van der Waals surface area contributed by atoms with Gasteiger partial charge in [0.15, 0.2) is 0 Å². The van der Waals surface area contributed by atoms with Gasteiger partial charge < -0.3 is 34.2 Å². The highest BCUT2D eigenvalue weighted by atomic mass is 16.6. The smallest absolute Gasteiger partial charge is 0.410 e. The number of amides is 2. The number of likely N-dealkylation sites (N-methyl/N-ethyl adjacent to an activating group) is 1. The first-order chi connectivity index (χ1) is 22.4. The van der Waals surface area contributed by atoms with E-state index < -0.39 is 18.2 Å². The molecule has 10 heteroatoms. The summed E-state index contributed by atoms with van der Waals surface area (Å²) in [5.41, 5.74) is -0.253. The largest absolute Gasteiger partial charge is 0.480 e. The van der Waals surface area contributed by atoms with Gasteiger partial charge in [0.1, 0.15) is 18.8 Å². The van der Waals surface area contributed by atoms with Gasteiger partial charge in [0.2, 0.25) is 0 Å². The van der Waals surface area contributed by atoms with Crippen LogP contribution in [0.1, 0.15) is 106 Å². The van der Waals surface area contributed by atoms with E-state index >= 15 is 0 Å². The van der Waals surface area contributed by atoms with E-state index in [4.69, 9.17) is 14.2 Å². The number of carboxylic acids is 1. The zero-order valence-corrected chi connectivity index (χ0v) is 30.5. The Morgan fingerprint density at radius 1 is 1.00 bits per heavy atom. The summed E-state index contributed by atoms with van der Waals surface area (Å²) >= 11 is 0. The topological polar surface area (TPSA) is 126 Å². The predicted molar refractivity (Wildman–Crippen MR) is 178 cm³/mol. The van der Waals surface area contributed by atoms with Crippen LogP contribution in [0.4, 0.5) is 9.59 Å². The number of rotatable bonds is 6. The molecule has 5 aliphatic carbocycles. The van der Waals surface area contributed by atoms with Gasteiger partial charge >= 0.3 is 18.2 Å². The highest BCUT2D eigenvalue weighted by Gasteiger charge is 2.84. The number of likely N-dealkylation sites (tertiary alicyclic amines) is 1. The maximum absolute atomic E-state index is 12.9. The molecule has 2 amide bonds. The van der Waals surface area contributed by atoms with Crippen LogP contribution in [0.2, 0.25) is 0 Å². The lowest BCUT2D eigenvalue weighted by atomic mass is 9.41. The lowest BCUT2D eigenvalue weighted by Crippen LogP contribution is -2.60. The van der Waals surface area contributed by atoms with Gasteiger partial charge in [-0.3, -0.25) is 4.79 Å². The average Bonchev–Trinajstić information content (AvgIpc) is 3.60. The molecule has 7 rings (SSSR count). The van der Waals surface area contributed by atoms with Gasteiger partial charge in [0.25, 0.3) is 0 Å². The van der Waals surface area contributed by atoms with E-state index in [-0.39, 0.29) is 76.0 Å². The van der Waals surface area contributed by atoms with Gasteiger partial charge in [-0.2, -0.15) is 0 Å². The van der Waals surface area contributed by atoms with Crippen molar-refractivity contribution >= 4 is 18.2 Å². The molecule has 13 atom stereocenters. The Morgan fingerprint density at radius 2 is 1.67 bits per heavy atom. The predicted octanol–water partition coefficient (Wildman–Crippen LogP) is 6.19. The molecule has 2 aliphatic heterocycles. The Bertz CT molecular complexity index is 1330. The number of hydrogen-bond donors (Lipinski definition) is 2. The van der Waals surface area contributed by atoms with Crippen molar-refractivity contribution < 1.29 is 38.8 Å². The van der Waals surface area contributed by atoms with Gasteiger partial charge in [-0.1, -0.05) is 48.5 Å². The monoisotopic (exact) mass is 672 g/mol. The molecular formula is C38H60N2O8. The van der Waals surface area contributed by atoms with Crippen LogP contribution in [0.25, 0.3) is 0 Å². The summed E-state index contributed by atoms with van der Waals surface area (Å²) in [4.78, 5) is 39.9. The molecule has 2 spiro atoms. The fourth-order valence-corrected chi connectivity index (χ4v) is 13.5. The first-order valence-electron chi connectivity index (χ1n) is 18.9. The number of aliphatic hydroxyl groups excluding tert-OH is 1. The number of carbonyl (C=O) groups excluding carboxylic acids is 2. The Labute approximate surface area is 286 Å². The first kappa shape index (κ1) is 34.4. The van der Waals surface area contributed by atoms with E-state index in [1.165, 1.54) is 13.5 Å². The van der Waals surface area contributed by atoms with Crippen molar-refractivity contribution in [1.82, 2.24) is 9.80 Å². The third-order valence-electron chi connectivity index (χ3n) is 16.1. The van der Waals surface area contributed by atoms with Crippen LogP contribution >= 0.6 is 0 Å². The number of aliphatic carboxylic acids is 1. The molecule has 5 saturated carbocycles. The first-order valence-corrected chi connectivity index (χ1v) is 18.9. The Morgan fingerprint density at radius 3 is 2.29 bits per heavy atom. The lowest BCUT2D eigenvalue weighted by molar-refractivity contribution is -0.185. The molecule has 270 valence electrons. The van der Waals surface area contributed by atoms with Crippen LogP contribution in [-0.4, -0.2) is 95.4 Å². The molecule has 10 nitrogen and oxygen atoms in total. The lowest BCUT2D eigenvalue weighted by Gasteiger charge is -2.63. The summed E-state index contributed by atoms with van der Waals surface area (Å²) in [6.07, 6.45) is 6.59. The van der Waals surface area contributed by atoms with E-state index in [1.54, 1.807) is 4.90 Å². The number of carbonyl (C=O) groups is 3. The third kappa shape index (κ3) is 4.51. The van der Waals surface area contributed by atoms with Crippen molar-refractivity contribution in [1.29, 1.82) is 0 Å². The van der Waals surface area contributed by atoms with Crippen LogP contribution in [0, 0.1) is 56.7 Å². The van der Waals surface area contributed by atoms with Crippen molar-refractivity contribution in [3.05, 3.63) is 0 Å². The van der Waals surface area contributed by atoms with Crippen molar-refractivity contribution in [2.45, 2.75) is 137 Å². The zero-order valence-electron chi connectivity index (χ0n) is 30.5. The molecule has 7 fully saturated rings. The Hall–Kier alpha value is -2.07.